The van der Waals surface area contributed by atoms with Crippen LogP contribution in [-0.4, -0.2) is 33.8 Å². The van der Waals surface area contributed by atoms with Crippen LogP contribution in [0.25, 0.3) is 0 Å². The monoisotopic (exact) mass is 289 g/mol. The molecule has 0 saturated heterocycles. The maximum absolute atomic E-state index is 11.1. The number of carboxylic acids is 1. The molecule has 0 aliphatic heterocycles. The average molecular weight is 289 g/mol. The molecule has 0 spiro atoms. The van der Waals surface area contributed by atoms with Gasteiger partial charge in [-0.3, -0.25) is 10.1 Å². The largest absolute Gasteiger partial charge is 0.477 e. The minimum atomic E-state index is -1.01. The fourth-order valence-electron chi connectivity index (χ4n) is 1.06. The van der Waals surface area contributed by atoms with Gasteiger partial charge in [0.25, 0.3) is 0 Å². The van der Waals surface area contributed by atoms with Crippen LogP contribution in [-0.2, 0) is 4.79 Å². The third-order valence-corrected chi connectivity index (χ3v) is 4.08. The maximum Gasteiger partial charge on any atom is 0.347 e. The van der Waals surface area contributed by atoms with E-state index in [0.29, 0.717) is 15.8 Å². The van der Waals surface area contributed by atoms with E-state index in [0.717, 1.165) is 11.3 Å². The summed E-state index contributed by atoms with van der Waals surface area (Å²) in [6.07, 6.45) is 0.106. The molecular weight excluding hydrogens is 278 g/mol. The Hall–Kier alpha value is -1.61. The van der Waals surface area contributed by atoms with Crippen molar-refractivity contribution in [1.29, 1.82) is 0 Å². The molecule has 1 aromatic rings. The molecule has 18 heavy (non-hydrogen) atoms. The van der Waals surface area contributed by atoms with E-state index in [1.54, 1.807) is 6.92 Å². The molecule has 0 atom stereocenters. The van der Waals surface area contributed by atoms with Gasteiger partial charge in [0.15, 0.2) is 4.34 Å². The number of carboxylic acid groups (broad SMARTS) is 1. The van der Waals surface area contributed by atoms with E-state index in [1.807, 2.05) is 5.32 Å². The predicted octanol–water partition coefficient (Wildman–Crippen LogP) is 0.827. The number of thiazole rings is 1. The van der Waals surface area contributed by atoms with Crippen LogP contribution in [0, 0.1) is 6.92 Å². The summed E-state index contributed by atoms with van der Waals surface area (Å²) in [5, 5.41) is 10.8. The van der Waals surface area contributed by atoms with Crippen LogP contribution < -0.4 is 11.1 Å². The number of hydrogen-bond acceptors (Lipinski definition) is 6. The highest BCUT2D eigenvalue weighted by Gasteiger charge is 2.14. The first-order valence-corrected chi connectivity index (χ1v) is 6.63. The van der Waals surface area contributed by atoms with Gasteiger partial charge in [-0.25, -0.2) is 14.6 Å². The van der Waals surface area contributed by atoms with Crippen LogP contribution in [0.2, 0.25) is 0 Å². The topological polar surface area (TPSA) is 122 Å². The fourth-order valence-corrected chi connectivity index (χ4v) is 3.10. The highest BCUT2D eigenvalue weighted by Crippen LogP contribution is 2.27. The van der Waals surface area contributed by atoms with Crippen molar-refractivity contribution in [2.24, 2.45) is 5.73 Å². The Morgan fingerprint density at radius 2 is 2.17 bits per heavy atom. The van der Waals surface area contributed by atoms with Gasteiger partial charge in [0, 0.05) is 12.2 Å². The Bertz CT molecular complexity index is 486. The molecule has 1 heterocycles. The van der Waals surface area contributed by atoms with Crippen molar-refractivity contribution in [2.75, 3.05) is 5.75 Å². The molecule has 0 aliphatic carbocycles. The number of amides is 3. The van der Waals surface area contributed by atoms with Crippen molar-refractivity contribution >= 4 is 41.0 Å². The van der Waals surface area contributed by atoms with Crippen LogP contribution in [0.3, 0.4) is 0 Å². The molecule has 0 bridgehead atoms. The lowest BCUT2D eigenvalue weighted by atomic mass is 10.4. The third kappa shape index (κ3) is 4.34. The van der Waals surface area contributed by atoms with Gasteiger partial charge in [-0.1, -0.05) is 11.8 Å². The number of carbonyl (C=O) groups is 3. The van der Waals surface area contributed by atoms with Gasteiger partial charge < -0.3 is 10.8 Å². The second-order valence-corrected chi connectivity index (χ2v) is 5.55. The van der Waals surface area contributed by atoms with Gasteiger partial charge in [-0.05, 0) is 6.92 Å². The van der Waals surface area contributed by atoms with Crippen LogP contribution in [0.5, 0.6) is 0 Å². The first-order valence-electron chi connectivity index (χ1n) is 4.83. The number of nitrogens with zero attached hydrogens (tertiary/aromatic N) is 1. The maximum atomic E-state index is 11.1. The average Bonchev–Trinajstić information content (AvgIpc) is 2.58. The van der Waals surface area contributed by atoms with Crippen LogP contribution in [0.15, 0.2) is 4.34 Å². The standard InChI is InChI=1S/C9H11N3O4S2/c1-4-6(7(14)15)18-9(11-4)17-3-2-5(13)12-8(10)16/h2-3H2,1H3,(H,14,15)(H3,10,12,13,16). The number of nitrogens with one attached hydrogen (secondary N) is 1. The molecule has 0 saturated carbocycles. The van der Waals surface area contributed by atoms with Crippen molar-refractivity contribution in [3.8, 4) is 0 Å². The second-order valence-electron chi connectivity index (χ2n) is 3.21. The summed E-state index contributed by atoms with van der Waals surface area (Å²) in [5.74, 6) is -1.09. The van der Waals surface area contributed by atoms with E-state index in [-0.39, 0.29) is 11.3 Å². The molecule has 4 N–H and O–H groups in total. The highest BCUT2D eigenvalue weighted by atomic mass is 32.2. The lowest BCUT2D eigenvalue weighted by molar-refractivity contribution is -0.119. The molecule has 9 heteroatoms. The number of aromatic nitrogens is 1. The number of primary amides is 1. The van der Waals surface area contributed by atoms with Gasteiger partial charge in [0.1, 0.15) is 4.88 Å². The number of urea groups is 1. The summed E-state index contributed by atoms with van der Waals surface area (Å²) in [6.45, 7) is 1.61. The first-order chi connectivity index (χ1) is 8.40. The zero-order valence-electron chi connectivity index (χ0n) is 9.43. The Morgan fingerprint density at radius 1 is 1.50 bits per heavy atom. The lowest BCUT2D eigenvalue weighted by Gasteiger charge is -1.98. The van der Waals surface area contributed by atoms with Gasteiger partial charge >= 0.3 is 12.0 Å². The SMILES string of the molecule is Cc1nc(SCCC(=O)NC(N)=O)sc1C(=O)O. The van der Waals surface area contributed by atoms with Crippen LogP contribution in [0.1, 0.15) is 21.8 Å². The molecule has 0 aromatic carbocycles. The number of hydrogen-bond donors (Lipinski definition) is 3. The number of thioether (sulfide) groups is 1. The number of aromatic carboxylic acids is 1. The van der Waals surface area contributed by atoms with E-state index >= 15 is 0 Å². The van der Waals surface area contributed by atoms with Gasteiger partial charge in [0.2, 0.25) is 5.91 Å². The van der Waals surface area contributed by atoms with E-state index in [9.17, 15) is 14.4 Å². The molecule has 0 fully saturated rings. The van der Waals surface area contributed by atoms with E-state index in [2.05, 4.69) is 4.98 Å². The van der Waals surface area contributed by atoms with Gasteiger partial charge in [-0.2, -0.15) is 0 Å². The zero-order valence-corrected chi connectivity index (χ0v) is 11.1. The van der Waals surface area contributed by atoms with Gasteiger partial charge in [-0.15, -0.1) is 11.3 Å². The van der Waals surface area contributed by atoms with Crippen LogP contribution >= 0.6 is 23.1 Å². The summed E-state index contributed by atoms with van der Waals surface area (Å²) < 4.78 is 0.580. The van der Waals surface area contributed by atoms with Crippen molar-refractivity contribution < 1.29 is 19.5 Å². The minimum absolute atomic E-state index is 0.106. The molecule has 7 nitrogen and oxygen atoms in total. The molecular formula is C9H11N3O4S2. The number of carbonyl (C=O) groups excluding carboxylic acids is 2. The fraction of sp³-hybridized carbons (Fsp3) is 0.333. The van der Waals surface area contributed by atoms with Crippen molar-refractivity contribution in [2.45, 2.75) is 17.7 Å². The van der Waals surface area contributed by atoms with E-state index in [4.69, 9.17) is 10.8 Å². The molecule has 0 aliphatic rings. The molecule has 0 unspecified atom stereocenters. The normalized spacial score (nSPS) is 10.1. The Morgan fingerprint density at radius 3 is 2.67 bits per heavy atom. The molecule has 98 valence electrons. The lowest BCUT2D eigenvalue weighted by Crippen LogP contribution is -2.35. The third-order valence-electron chi connectivity index (χ3n) is 1.79. The Balaban J connectivity index is 2.45. The van der Waals surface area contributed by atoms with Gasteiger partial charge in [0.05, 0.1) is 5.69 Å². The quantitative estimate of drug-likeness (QED) is 0.690. The number of imide groups is 1. The number of aryl methyl sites for hydroxylation is 1. The molecule has 1 rings (SSSR count). The summed E-state index contributed by atoms with van der Waals surface area (Å²) >= 11 is 2.32. The molecule has 1 aromatic heterocycles. The predicted molar refractivity (Wildman–Crippen MR) is 66.9 cm³/mol. The zero-order chi connectivity index (χ0) is 13.7. The Kier molecular flexibility index (Phi) is 5.10. The summed E-state index contributed by atoms with van der Waals surface area (Å²) in [6, 6.07) is -0.886. The highest BCUT2D eigenvalue weighted by molar-refractivity contribution is 8.01. The molecule has 3 amide bonds. The van der Waals surface area contributed by atoms with Crippen LogP contribution in [0.4, 0.5) is 4.79 Å². The second kappa shape index (κ2) is 6.36. The number of rotatable bonds is 5. The summed E-state index contributed by atoms with van der Waals surface area (Å²) in [4.78, 5) is 36.5. The number of nitrogens with two attached hydrogens (primary N) is 1. The summed E-state index contributed by atoms with van der Waals surface area (Å²) in [7, 11) is 0. The van der Waals surface area contributed by atoms with Crippen molar-refractivity contribution in [1.82, 2.24) is 10.3 Å². The van der Waals surface area contributed by atoms with E-state index in [1.165, 1.54) is 11.8 Å². The smallest absolute Gasteiger partial charge is 0.347 e. The summed E-state index contributed by atoms with van der Waals surface area (Å²) in [5.41, 5.74) is 5.23. The van der Waals surface area contributed by atoms with Crippen molar-refractivity contribution in [3.63, 3.8) is 0 Å². The first kappa shape index (κ1) is 14.5. The van der Waals surface area contributed by atoms with E-state index < -0.39 is 17.9 Å². The Labute approximate surface area is 111 Å². The van der Waals surface area contributed by atoms with Crippen molar-refractivity contribution in [3.05, 3.63) is 10.6 Å². The molecule has 0 radical (unpaired) electrons. The minimum Gasteiger partial charge on any atom is -0.477 e.